The minimum absolute atomic E-state index is 0.375. The van der Waals surface area contributed by atoms with E-state index in [9.17, 15) is 0 Å². The fourth-order valence-electron chi connectivity index (χ4n) is 1.03. The molecule has 1 fully saturated rings. The molecule has 0 atom stereocenters. The van der Waals surface area contributed by atoms with Crippen molar-refractivity contribution in [3.63, 3.8) is 0 Å². The van der Waals surface area contributed by atoms with Crippen molar-refractivity contribution < 1.29 is 4.43 Å². The summed E-state index contributed by atoms with van der Waals surface area (Å²) in [7, 11) is -0.375. The smallest absolute Gasteiger partial charge is 0.212 e. The summed E-state index contributed by atoms with van der Waals surface area (Å²) in [6.45, 7) is 1.02. The van der Waals surface area contributed by atoms with Crippen molar-refractivity contribution in [2.75, 3.05) is 12.4 Å². The average Bonchev–Trinajstić information content (AvgIpc) is 1.91. The van der Waals surface area contributed by atoms with Crippen LogP contribution in [-0.2, 0) is 4.43 Å². The summed E-state index contributed by atoms with van der Waals surface area (Å²) in [4.78, 5) is 0. The maximum atomic E-state index is 5.57. The highest BCUT2D eigenvalue weighted by molar-refractivity contribution is 7.80. The third kappa shape index (κ3) is 2.73. The Morgan fingerprint density at radius 2 is 2.33 bits per heavy atom. The van der Waals surface area contributed by atoms with Gasteiger partial charge in [0.2, 0.25) is 9.04 Å². The molecule has 1 aliphatic heterocycles. The van der Waals surface area contributed by atoms with Crippen LogP contribution in [0.4, 0.5) is 0 Å². The van der Waals surface area contributed by atoms with Gasteiger partial charge >= 0.3 is 0 Å². The lowest BCUT2D eigenvalue weighted by molar-refractivity contribution is 0.287. The molecule has 1 rings (SSSR count). The SMILES string of the molecule is SCC[Si]1CCCCO1. The lowest BCUT2D eigenvalue weighted by Crippen LogP contribution is -2.23. The Bertz CT molecular complexity index is 70.7. The molecular formula is C6H13OSSi. The third-order valence-electron chi connectivity index (χ3n) is 1.55. The van der Waals surface area contributed by atoms with Crippen LogP contribution in [-0.4, -0.2) is 21.4 Å². The molecule has 0 unspecified atom stereocenters. The van der Waals surface area contributed by atoms with E-state index in [0.29, 0.717) is 0 Å². The van der Waals surface area contributed by atoms with Crippen molar-refractivity contribution in [2.45, 2.75) is 24.9 Å². The van der Waals surface area contributed by atoms with Crippen molar-refractivity contribution in [3.05, 3.63) is 0 Å². The molecule has 0 N–H and O–H groups in total. The molecule has 0 spiro atoms. The summed E-state index contributed by atoms with van der Waals surface area (Å²) >= 11 is 4.18. The Balaban J connectivity index is 2.08. The lowest BCUT2D eigenvalue weighted by atomic mass is 10.4. The molecule has 0 bridgehead atoms. The van der Waals surface area contributed by atoms with Crippen LogP contribution in [0.2, 0.25) is 12.1 Å². The first-order chi connectivity index (χ1) is 4.43. The minimum atomic E-state index is -0.375. The molecule has 0 amide bonds. The van der Waals surface area contributed by atoms with Gasteiger partial charge in [-0.3, -0.25) is 0 Å². The van der Waals surface area contributed by atoms with Crippen molar-refractivity contribution in [2.24, 2.45) is 0 Å². The van der Waals surface area contributed by atoms with Crippen LogP contribution in [0, 0.1) is 0 Å². The summed E-state index contributed by atoms with van der Waals surface area (Å²) < 4.78 is 5.57. The van der Waals surface area contributed by atoms with Crippen LogP contribution in [0.25, 0.3) is 0 Å². The predicted octanol–water partition coefficient (Wildman–Crippen LogP) is 1.72. The standard InChI is InChI=1S/C6H13OSSi/c8-4-6-9-5-2-1-3-7-9/h8H,1-6H2. The Morgan fingerprint density at radius 1 is 1.44 bits per heavy atom. The summed E-state index contributed by atoms with van der Waals surface area (Å²) in [6, 6.07) is 2.58. The van der Waals surface area contributed by atoms with Crippen molar-refractivity contribution in [3.8, 4) is 0 Å². The van der Waals surface area contributed by atoms with Gasteiger partial charge in [0, 0.05) is 6.61 Å². The molecule has 1 aliphatic rings. The molecule has 3 heteroatoms. The Morgan fingerprint density at radius 3 is 2.89 bits per heavy atom. The molecule has 0 aliphatic carbocycles. The van der Waals surface area contributed by atoms with E-state index in [-0.39, 0.29) is 9.04 Å². The van der Waals surface area contributed by atoms with E-state index in [4.69, 9.17) is 4.43 Å². The summed E-state index contributed by atoms with van der Waals surface area (Å²) in [6.07, 6.45) is 2.67. The highest BCUT2D eigenvalue weighted by Crippen LogP contribution is 2.13. The van der Waals surface area contributed by atoms with Gasteiger partial charge < -0.3 is 4.43 Å². The van der Waals surface area contributed by atoms with E-state index in [1.807, 2.05) is 0 Å². The van der Waals surface area contributed by atoms with Crippen LogP contribution in [0.3, 0.4) is 0 Å². The normalized spacial score (nSPS) is 22.3. The second-order valence-corrected chi connectivity index (χ2v) is 5.13. The Labute approximate surface area is 63.9 Å². The molecule has 0 aromatic carbocycles. The maximum absolute atomic E-state index is 5.57. The fourth-order valence-corrected chi connectivity index (χ4v) is 3.65. The molecular weight excluding hydrogens is 148 g/mol. The van der Waals surface area contributed by atoms with Gasteiger partial charge in [0.05, 0.1) is 0 Å². The van der Waals surface area contributed by atoms with Crippen LogP contribution >= 0.6 is 12.6 Å². The van der Waals surface area contributed by atoms with E-state index >= 15 is 0 Å². The maximum Gasteiger partial charge on any atom is 0.212 e. The van der Waals surface area contributed by atoms with Gasteiger partial charge in [-0.05, 0) is 24.3 Å². The molecule has 0 saturated carbocycles. The van der Waals surface area contributed by atoms with Crippen LogP contribution in [0.15, 0.2) is 0 Å². The van der Waals surface area contributed by atoms with Gasteiger partial charge in [0.25, 0.3) is 0 Å². The minimum Gasteiger partial charge on any atom is -0.417 e. The topological polar surface area (TPSA) is 9.23 Å². The predicted molar refractivity (Wildman–Crippen MR) is 44.4 cm³/mol. The summed E-state index contributed by atoms with van der Waals surface area (Å²) in [5.41, 5.74) is 0. The van der Waals surface area contributed by atoms with Gasteiger partial charge in [0.15, 0.2) is 0 Å². The summed E-state index contributed by atoms with van der Waals surface area (Å²) in [5.74, 6) is 1.01. The zero-order chi connectivity index (χ0) is 6.53. The second kappa shape index (κ2) is 4.36. The zero-order valence-corrected chi connectivity index (χ0v) is 7.49. The number of hydrogen-bond acceptors (Lipinski definition) is 2. The molecule has 1 heterocycles. The van der Waals surface area contributed by atoms with Crippen molar-refractivity contribution in [1.29, 1.82) is 0 Å². The van der Waals surface area contributed by atoms with Gasteiger partial charge in [-0.1, -0.05) is 6.42 Å². The highest BCUT2D eigenvalue weighted by atomic mass is 32.1. The second-order valence-electron chi connectivity index (χ2n) is 2.32. The van der Waals surface area contributed by atoms with E-state index in [1.54, 1.807) is 0 Å². The average molecular weight is 161 g/mol. The van der Waals surface area contributed by atoms with E-state index in [1.165, 1.54) is 24.9 Å². The van der Waals surface area contributed by atoms with Gasteiger partial charge in [-0.15, -0.1) is 0 Å². The van der Waals surface area contributed by atoms with Gasteiger partial charge in [-0.25, -0.2) is 0 Å². The number of rotatable bonds is 2. The van der Waals surface area contributed by atoms with Crippen LogP contribution < -0.4 is 0 Å². The first-order valence-electron chi connectivity index (χ1n) is 3.52. The van der Waals surface area contributed by atoms with Crippen LogP contribution in [0.1, 0.15) is 12.8 Å². The Kier molecular flexibility index (Phi) is 3.70. The first kappa shape index (κ1) is 7.63. The van der Waals surface area contributed by atoms with Crippen molar-refractivity contribution >= 4 is 21.7 Å². The molecule has 1 nitrogen and oxygen atoms in total. The summed E-state index contributed by atoms with van der Waals surface area (Å²) in [5, 5.41) is 0. The largest absolute Gasteiger partial charge is 0.417 e. The van der Waals surface area contributed by atoms with Crippen LogP contribution in [0.5, 0.6) is 0 Å². The molecule has 0 aromatic heterocycles. The van der Waals surface area contributed by atoms with E-state index in [2.05, 4.69) is 12.6 Å². The van der Waals surface area contributed by atoms with Crippen molar-refractivity contribution in [1.82, 2.24) is 0 Å². The molecule has 0 aromatic rings. The fraction of sp³-hybridized carbons (Fsp3) is 1.00. The third-order valence-corrected chi connectivity index (χ3v) is 4.52. The lowest BCUT2D eigenvalue weighted by Gasteiger charge is -2.18. The van der Waals surface area contributed by atoms with Gasteiger partial charge in [0.1, 0.15) is 0 Å². The molecule has 1 saturated heterocycles. The Hall–Kier alpha value is 0.527. The quantitative estimate of drug-likeness (QED) is 0.479. The van der Waals surface area contributed by atoms with E-state index in [0.717, 1.165) is 12.4 Å². The van der Waals surface area contributed by atoms with Gasteiger partial charge in [-0.2, -0.15) is 12.6 Å². The monoisotopic (exact) mass is 161 g/mol. The highest BCUT2D eigenvalue weighted by Gasteiger charge is 2.15. The van der Waals surface area contributed by atoms with E-state index < -0.39 is 0 Å². The molecule has 1 radical (unpaired) electrons. The molecule has 53 valence electrons. The number of hydrogen-bond donors (Lipinski definition) is 1. The first-order valence-corrected chi connectivity index (χ1v) is 5.97. The molecule has 9 heavy (non-hydrogen) atoms. The number of thiol groups is 1. The zero-order valence-electron chi connectivity index (χ0n) is 5.60.